The van der Waals surface area contributed by atoms with E-state index in [9.17, 15) is 10.1 Å². The van der Waals surface area contributed by atoms with Crippen LogP contribution in [-0.2, 0) is 4.74 Å². The summed E-state index contributed by atoms with van der Waals surface area (Å²) in [4.78, 5) is 10.7. The monoisotopic (exact) mass is 279 g/mol. The number of methoxy groups -OCH3 is 1. The minimum Gasteiger partial charge on any atom is -0.384 e. The van der Waals surface area contributed by atoms with Gasteiger partial charge in [0.1, 0.15) is 5.69 Å². The first-order valence-electron chi connectivity index (χ1n) is 6.84. The number of nitrogens with zero attached hydrogens (tertiary/aromatic N) is 1. The van der Waals surface area contributed by atoms with Crippen molar-refractivity contribution >= 4 is 11.4 Å². The molecule has 1 aromatic rings. The minimum atomic E-state index is -0.353. The van der Waals surface area contributed by atoms with Crippen molar-refractivity contribution in [3.63, 3.8) is 0 Å². The lowest BCUT2D eigenvalue weighted by Crippen LogP contribution is -2.44. The highest BCUT2D eigenvalue weighted by atomic mass is 16.6. The highest BCUT2D eigenvalue weighted by Crippen LogP contribution is 2.31. The first kappa shape index (κ1) is 14.7. The van der Waals surface area contributed by atoms with Crippen LogP contribution in [0, 0.1) is 15.5 Å². The van der Waals surface area contributed by atoms with E-state index >= 15 is 0 Å². The summed E-state index contributed by atoms with van der Waals surface area (Å²) in [7, 11) is 1.70. The van der Waals surface area contributed by atoms with Gasteiger partial charge in [-0.25, -0.2) is 0 Å². The van der Waals surface area contributed by atoms with E-state index in [1.165, 1.54) is 6.07 Å². The normalized spacial score (nSPS) is 17.6. The van der Waals surface area contributed by atoms with Crippen LogP contribution < -0.4 is 10.6 Å². The Morgan fingerprint density at radius 1 is 1.40 bits per heavy atom. The summed E-state index contributed by atoms with van der Waals surface area (Å²) in [5, 5.41) is 17.6. The van der Waals surface area contributed by atoms with Gasteiger partial charge in [-0.15, -0.1) is 0 Å². The third-order valence-corrected chi connectivity index (χ3v) is 3.87. The number of benzene rings is 1. The SMILES string of the molecule is COCC1(CNc2ccccc2[N+](=O)[O-])CCNCC1. The van der Waals surface area contributed by atoms with Crippen molar-refractivity contribution in [1.29, 1.82) is 0 Å². The first-order chi connectivity index (χ1) is 9.67. The zero-order chi connectivity index (χ0) is 14.4. The second kappa shape index (κ2) is 6.67. The van der Waals surface area contributed by atoms with E-state index in [1.54, 1.807) is 25.3 Å². The molecule has 1 aliphatic rings. The third-order valence-electron chi connectivity index (χ3n) is 3.87. The van der Waals surface area contributed by atoms with Gasteiger partial charge in [0.05, 0.1) is 11.5 Å². The van der Waals surface area contributed by atoms with Crippen molar-refractivity contribution in [2.75, 3.05) is 38.7 Å². The molecule has 0 spiro atoms. The molecule has 1 saturated heterocycles. The standard InChI is InChI=1S/C14H21N3O3/c1-20-11-14(6-8-15-9-7-14)10-16-12-4-2-3-5-13(12)17(18)19/h2-5,15-16H,6-11H2,1H3. The number of nitrogens with one attached hydrogen (secondary N) is 2. The maximum absolute atomic E-state index is 11.0. The highest BCUT2D eigenvalue weighted by Gasteiger charge is 2.32. The van der Waals surface area contributed by atoms with Crippen molar-refractivity contribution in [1.82, 2.24) is 5.32 Å². The average molecular weight is 279 g/mol. The Balaban J connectivity index is 2.07. The zero-order valence-corrected chi connectivity index (χ0v) is 11.7. The van der Waals surface area contributed by atoms with Gasteiger partial charge >= 0.3 is 0 Å². The quantitative estimate of drug-likeness (QED) is 0.615. The summed E-state index contributed by atoms with van der Waals surface area (Å²) < 4.78 is 5.35. The minimum absolute atomic E-state index is 0.0453. The summed E-state index contributed by atoms with van der Waals surface area (Å²) in [6.45, 7) is 3.28. The van der Waals surface area contributed by atoms with Crippen LogP contribution in [0.2, 0.25) is 0 Å². The van der Waals surface area contributed by atoms with Crippen LogP contribution in [0.1, 0.15) is 12.8 Å². The topological polar surface area (TPSA) is 76.4 Å². The Kier molecular flexibility index (Phi) is 4.92. The Labute approximate surface area is 118 Å². The van der Waals surface area contributed by atoms with E-state index in [-0.39, 0.29) is 16.0 Å². The number of ether oxygens (including phenoxy) is 1. The Morgan fingerprint density at radius 2 is 2.10 bits per heavy atom. The van der Waals surface area contributed by atoms with E-state index in [0.29, 0.717) is 18.8 Å². The molecule has 2 N–H and O–H groups in total. The maximum Gasteiger partial charge on any atom is 0.292 e. The van der Waals surface area contributed by atoms with Crippen molar-refractivity contribution in [2.45, 2.75) is 12.8 Å². The Morgan fingerprint density at radius 3 is 2.75 bits per heavy atom. The van der Waals surface area contributed by atoms with E-state index in [2.05, 4.69) is 10.6 Å². The molecule has 1 heterocycles. The molecule has 0 radical (unpaired) electrons. The van der Waals surface area contributed by atoms with Gasteiger partial charge in [0, 0.05) is 25.1 Å². The van der Waals surface area contributed by atoms with Crippen LogP contribution in [0.15, 0.2) is 24.3 Å². The molecule has 6 nitrogen and oxygen atoms in total. The van der Waals surface area contributed by atoms with Crippen LogP contribution in [0.3, 0.4) is 0 Å². The van der Waals surface area contributed by atoms with Crippen LogP contribution in [0.5, 0.6) is 0 Å². The number of nitro benzene ring substituents is 1. The molecular formula is C14H21N3O3. The molecule has 6 heteroatoms. The highest BCUT2D eigenvalue weighted by molar-refractivity contribution is 5.61. The average Bonchev–Trinajstić information content (AvgIpc) is 2.47. The molecule has 2 rings (SSSR count). The predicted molar refractivity (Wildman–Crippen MR) is 78.0 cm³/mol. The Bertz CT molecular complexity index is 453. The van der Waals surface area contributed by atoms with Gasteiger partial charge < -0.3 is 15.4 Å². The molecule has 1 aromatic carbocycles. The van der Waals surface area contributed by atoms with Gasteiger partial charge in [-0.2, -0.15) is 0 Å². The number of hydrogen-bond donors (Lipinski definition) is 2. The van der Waals surface area contributed by atoms with Gasteiger partial charge in [-0.3, -0.25) is 10.1 Å². The summed E-state index contributed by atoms with van der Waals surface area (Å²) in [6.07, 6.45) is 2.02. The van der Waals surface area contributed by atoms with Gasteiger partial charge in [-0.1, -0.05) is 12.1 Å². The van der Waals surface area contributed by atoms with Crippen molar-refractivity contribution in [2.24, 2.45) is 5.41 Å². The van der Waals surface area contributed by atoms with E-state index in [0.717, 1.165) is 25.9 Å². The van der Waals surface area contributed by atoms with Gasteiger partial charge in [-0.05, 0) is 32.0 Å². The summed E-state index contributed by atoms with van der Waals surface area (Å²) >= 11 is 0. The van der Waals surface area contributed by atoms with Crippen LogP contribution >= 0.6 is 0 Å². The van der Waals surface area contributed by atoms with Crippen molar-refractivity contribution in [3.8, 4) is 0 Å². The largest absolute Gasteiger partial charge is 0.384 e. The molecule has 0 amide bonds. The lowest BCUT2D eigenvalue weighted by Gasteiger charge is -2.37. The number of anilines is 1. The molecule has 1 aliphatic heterocycles. The molecule has 1 fully saturated rings. The van der Waals surface area contributed by atoms with Gasteiger partial charge in [0.25, 0.3) is 5.69 Å². The number of para-hydroxylation sites is 2. The van der Waals surface area contributed by atoms with Crippen molar-refractivity contribution < 1.29 is 9.66 Å². The fourth-order valence-electron chi connectivity index (χ4n) is 2.70. The fraction of sp³-hybridized carbons (Fsp3) is 0.571. The summed E-state index contributed by atoms with van der Waals surface area (Å²) in [6, 6.07) is 6.76. The lowest BCUT2D eigenvalue weighted by atomic mass is 9.79. The number of piperidine rings is 1. The fourth-order valence-corrected chi connectivity index (χ4v) is 2.70. The Hall–Kier alpha value is -1.66. The lowest BCUT2D eigenvalue weighted by molar-refractivity contribution is -0.384. The molecule has 0 bridgehead atoms. The summed E-state index contributed by atoms with van der Waals surface area (Å²) in [5.41, 5.74) is 0.740. The van der Waals surface area contributed by atoms with Crippen LogP contribution in [0.25, 0.3) is 0 Å². The van der Waals surface area contributed by atoms with Crippen LogP contribution in [-0.4, -0.2) is 38.3 Å². The number of nitro groups is 1. The number of hydrogen-bond acceptors (Lipinski definition) is 5. The molecular weight excluding hydrogens is 258 g/mol. The second-order valence-corrected chi connectivity index (χ2v) is 5.31. The summed E-state index contributed by atoms with van der Waals surface area (Å²) in [5.74, 6) is 0. The van der Waals surface area contributed by atoms with Gasteiger partial charge in [0.2, 0.25) is 0 Å². The molecule has 0 atom stereocenters. The van der Waals surface area contributed by atoms with Crippen LogP contribution in [0.4, 0.5) is 11.4 Å². The molecule has 0 aliphatic carbocycles. The molecule has 0 unspecified atom stereocenters. The van der Waals surface area contributed by atoms with E-state index in [4.69, 9.17) is 4.74 Å². The second-order valence-electron chi connectivity index (χ2n) is 5.31. The number of rotatable bonds is 6. The van der Waals surface area contributed by atoms with Crippen molar-refractivity contribution in [3.05, 3.63) is 34.4 Å². The first-order valence-corrected chi connectivity index (χ1v) is 6.84. The van der Waals surface area contributed by atoms with E-state index < -0.39 is 0 Å². The third kappa shape index (κ3) is 3.46. The smallest absolute Gasteiger partial charge is 0.292 e. The molecule has 20 heavy (non-hydrogen) atoms. The van der Waals surface area contributed by atoms with E-state index in [1.807, 2.05) is 0 Å². The molecule has 0 aromatic heterocycles. The zero-order valence-electron chi connectivity index (χ0n) is 11.7. The van der Waals surface area contributed by atoms with Gasteiger partial charge in [0.15, 0.2) is 0 Å². The maximum atomic E-state index is 11.0. The predicted octanol–water partition coefficient (Wildman–Crippen LogP) is 2.02. The molecule has 110 valence electrons. The molecule has 0 saturated carbocycles.